The first-order valence-electron chi connectivity index (χ1n) is 3.20. The Morgan fingerprint density at radius 1 is 1.50 bits per heavy atom. The van der Waals surface area contributed by atoms with E-state index in [1.807, 2.05) is 12.2 Å². The quantitative estimate of drug-likeness (QED) is 0.279. The summed E-state index contributed by atoms with van der Waals surface area (Å²) in [5.74, 6) is 0.851. The lowest BCUT2D eigenvalue weighted by Gasteiger charge is -1.87. The molecule has 0 aromatic heterocycles. The van der Waals surface area contributed by atoms with Gasteiger partial charge in [-0.05, 0) is 24.2 Å². The third kappa shape index (κ3) is 5.63. The maximum absolute atomic E-state index is 10.0. The molecule has 0 spiro atoms. The number of hydrogen-bond acceptors (Lipinski definition) is 2. The van der Waals surface area contributed by atoms with E-state index in [1.54, 1.807) is 0 Å². The second kappa shape index (κ2) is 6.62. The Labute approximate surface area is 67.2 Å². The van der Waals surface area contributed by atoms with Crippen molar-refractivity contribution >= 4 is 18.9 Å². The maximum Gasteiger partial charge on any atom is 0.145 e. The van der Waals surface area contributed by atoms with Gasteiger partial charge in [0.2, 0.25) is 0 Å². The van der Waals surface area contributed by atoms with Crippen molar-refractivity contribution in [1.29, 1.82) is 0 Å². The van der Waals surface area contributed by atoms with Gasteiger partial charge in [-0.2, -0.15) is 12.6 Å². The molecule has 0 aromatic carbocycles. The van der Waals surface area contributed by atoms with E-state index in [1.165, 1.54) is 0 Å². The second-order valence-corrected chi connectivity index (χ2v) is 2.41. The molecule has 0 saturated carbocycles. The van der Waals surface area contributed by atoms with Gasteiger partial charge in [-0.3, -0.25) is 4.79 Å². The molecule has 2 heteroatoms. The summed E-state index contributed by atoms with van der Waals surface area (Å²) in [5, 5.41) is 0. The van der Waals surface area contributed by atoms with Gasteiger partial charge in [0.25, 0.3) is 0 Å². The molecule has 0 aromatic rings. The number of thiol groups is 1. The van der Waals surface area contributed by atoms with Crippen LogP contribution in [0.4, 0.5) is 0 Å². The van der Waals surface area contributed by atoms with Gasteiger partial charge in [-0.1, -0.05) is 18.7 Å². The van der Waals surface area contributed by atoms with Crippen LogP contribution in [0.5, 0.6) is 0 Å². The molecular formula is C8H12OS. The van der Waals surface area contributed by atoms with E-state index in [4.69, 9.17) is 0 Å². The average molecular weight is 156 g/mol. The predicted octanol–water partition coefficient (Wildman–Crippen LogP) is 2.01. The molecule has 1 nitrogen and oxygen atoms in total. The molecule has 0 heterocycles. The van der Waals surface area contributed by atoms with E-state index < -0.39 is 0 Å². The van der Waals surface area contributed by atoms with Crippen molar-refractivity contribution in [1.82, 2.24) is 0 Å². The fraction of sp³-hybridized carbons (Fsp3) is 0.375. The Bertz CT molecular complexity index is 138. The zero-order chi connectivity index (χ0) is 7.82. The maximum atomic E-state index is 10.0. The SMILES string of the molecule is C=C(C=O)CC=CCCS. The topological polar surface area (TPSA) is 17.1 Å². The first kappa shape index (κ1) is 9.50. The van der Waals surface area contributed by atoms with E-state index in [2.05, 4.69) is 19.2 Å². The van der Waals surface area contributed by atoms with Crippen LogP contribution in [0.2, 0.25) is 0 Å². The number of rotatable bonds is 5. The molecule has 0 radical (unpaired) electrons. The minimum atomic E-state index is 0.621. The van der Waals surface area contributed by atoms with Crippen LogP contribution < -0.4 is 0 Å². The smallest absolute Gasteiger partial charge is 0.145 e. The molecule has 0 unspecified atom stereocenters. The van der Waals surface area contributed by atoms with Crippen LogP contribution in [0.15, 0.2) is 24.3 Å². The van der Waals surface area contributed by atoms with Crippen LogP contribution in [0.25, 0.3) is 0 Å². The van der Waals surface area contributed by atoms with E-state index >= 15 is 0 Å². The lowest BCUT2D eigenvalue weighted by atomic mass is 10.2. The molecule has 0 amide bonds. The number of carbonyl (C=O) groups is 1. The van der Waals surface area contributed by atoms with Crippen LogP contribution in [0.1, 0.15) is 12.8 Å². The lowest BCUT2D eigenvalue weighted by molar-refractivity contribution is -0.104. The fourth-order valence-electron chi connectivity index (χ4n) is 0.475. The zero-order valence-electron chi connectivity index (χ0n) is 5.92. The number of allylic oxidation sites excluding steroid dienone is 3. The molecule has 0 N–H and O–H groups in total. The number of carbonyl (C=O) groups excluding carboxylic acids is 1. The summed E-state index contributed by atoms with van der Waals surface area (Å²) >= 11 is 4.02. The van der Waals surface area contributed by atoms with Crippen molar-refractivity contribution in [2.45, 2.75) is 12.8 Å². The summed E-state index contributed by atoms with van der Waals surface area (Å²) in [6.45, 7) is 3.53. The third-order valence-electron chi connectivity index (χ3n) is 1.01. The van der Waals surface area contributed by atoms with Crippen LogP contribution >= 0.6 is 12.6 Å². The van der Waals surface area contributed by atoms with Gasteiger partial charge in [0, 0.05) is 0 Å². The highest BCUT2D eigenvalue weighted by Gasteiger charge is 1.83. The Balaban J connectivity index is 3.33. The monoisotopic (exact) mass is 156 g/mol. The van der Waals surface area contributed by atoms with E-state index in [0.29, 0.717) is 12.0 Å². The number of aldehydes is 1. The highest BCUT2D eigenvalue weighted by molar-refractivity contribution is 7.80. The second-order valence-electron chi connectivity index (χ2n) is 1.96. The largest absolute Gasteiger partial charge is 0.298 e. The zero-order valence-corrected chi connectivity index (χ0v) is 6.81. The molecule has 0 aliphatic rings. The first-order valence-corrected chi connectivity index (χ1v) is 3.83. The molecular weight excluding hydrogens is 144 g/mol. The van der Waals surface area contributed by atoms with E-state index in [-0.39, 0.29) is 0 Å². The highest BCUT2D eigenvalue weighted by Crippen LogP contribution is 1.96. The van der Waals surface area contributed by atoms with Crippen molar-refractivity contribution in [3.8, 4) is 0 Å². The van der Waals surface area contributed by atoms with Crippen molar-refractivity contribution in [2.24, 2.45) is 0 Å². The van der Waals surface area contributed by atoms with E-state index in [9.17, 15) is 4.79 Å². The summed E-state index contributed by atoms with van der Waals surface area (Å²) in [6.07, 6.45) is 6.34. The predicted molar refractivity (Wildman–Crippen MR) is 47.4 cm³/mol. The number of hydrogen-bond donors (Lipinski definition) is 1. The van der Waals surface area contributed by atoms with Gasteiger partial charge in [0.1, 0.15) is 6.29 Å². The molecule has 56 valence electrons. The van der Waals surface area contributed by atoms with Crippen LogP contribution in [-0.4, -0.2) is 12.0 Å². The highest BCUT2D eigenvalue weighted by atomic mass is 32.1. The molecule has 0 bridgehead atoms. The molecule has 0 saturated heterocycles. The Hall–Kier alpha value is -0.500. The summed E-state index contributed by atoms with van der Waals surface area (Å²) in [7, 11) is 0. The standard InChI is InChI=1S/C8H12OS/c1-8(7-9)5-3-2-4-6-10/h2-3,7,10H,1,4-6H2. The Morgan fingerprint density at radius 3 is 2.70 bits per heavy atom. The van der Waals surface area contributed by atoms with Crippen LogP contribution in [0.3, 0.4) is 0 Å². The minimum Gasteiger partial charge on any atom is -0.298 e. The Morgan fingerprint density at radius 2 is 2.20 bits per heavy atom. The molecule has 0 fully saturated rings. The average Bonchev–Trinajstić information content (AvgIpc) is 1.98. The summed E-state index contributed by atoms with van der Waals surface area (Å²) in [4.78, 5) is 10.0. The van der Waals surface area contributed by atoms with E-state index in [0.717, 1.165) is 18.5 Å². The molecule has 0 rings (SSSR count). The lowest BCUT2D eigenvalue weighted by Crippen LogP contribution is -1.77. The molecule has 10 heavy (non-hydrogen) atoms. The molecule has 0 aliphatic carbocycles. The van der Waals surface area contributed by atoms with Crippen molar-refractivity contribution in [2.75, 3.05) is 5.75 Å². The van der Waals surface area contributed by atoms with Crippen molar-refractivity contribution in [3.63, 3.8) is 0 Å². The van der Waals surface area contributed by atoms with Crippen molar-refractivity contribution in [3.05, 3.63) is 24.3 Å². The molecule has 0 aliphatic heterocycles. The molecule has 0 atom stereocenters. The van der Waals surface area contributed by atoms with Gasteiger partial charge in [0.15, 0.2) is 0 Å². The van der Waals surface area contributed by atoms with Gasteiger partial charge in [-0.15, -0.1) is 0 Å². The van der Waals surface area contributed by atoms with Gasteiger partial charge < -0.3 is 0 Å². The van der Waals surface area contributed by atoms with Gasteiger partial charge >= 0.3 is 0 Å². The first-order chi connectivity index (χ1) is 4.81. The summed E-state index contributed by atoms with van der Waals surface area (Å²) in [5.41, 5.74) is 0.621. The van der Waals surface area contributed by atoms with Crippen LogP contribution in [0, 0.1) is 0 Å². The van der Waals surface area contributed by atoms with Gasteiger partial charge in [-0.25, -0.2) is 0 Å². The van der Waals surface area contributed by atoms with Crippen molar-refractivity contribution < 1.29 is 4.79 Å². The Kier molecular flexibility index (Phi) is 6.29. The van der Waals surface area contributed by atoms with Crippen LogP contribution in [-0.2, 0) is 4.79 Å². The minimum absolute atomic E-state index is 0.621. The normalized spacial score (nSPS) is 10.1. The summed E-state index contributed by atoms with van der Waals surface area (Å²) in [6, 6.07) is 0. The third-order valence-corrected chi connectivity index (χ3v) is 1.27. The van der Waals surface area contributed by atoms with Gasteiger partial charge in [0.05, 0.1) is 0 Å². The summed E-state index contributed by atoms with van der Waals surface area (Å²) < 4.78 is 0. The fourth-order valence-corrected chi connectivity index (χ4v) is 0.624.